The van der Waals surface area contributed by atoms with Gasteiger partial charge in [0, 0.05) is 40.5 Å². The summed E-state index contributed by atoms with van der Waals surface area (Å²) < 4.78 is 0. The van der Waals surface area contributed by atoms with Crippen molar-refractivity contribution in [2.24, 2.45) is 0 Å². The fourth-order valence-corrected chi connectivity index (χ4v) is 3.13. The van der Waals surface area contributed by atoms with E-state index < -0.39 is 0 Å². The van der Waals surface area contributed by atoms with Gasteiger partial charge in [0.2, 0.25) is 0 Å². The van der Waals surface area contributed by atoms with E-state index in [4.69, 9.17) is 0 Å². The van der Waals surface area contributed by atoms with Gasteiger partial charge in [0.1, 0.15) is 5.65 Å². The first-order valence-electron chi connectivity index (χ1n) is 7.98. The molecular weight excluding hydrogens is 310 g/mol. The van der Waals surface area contributed by atoms with Gasteiger partial charge in [-0.25, -0.2) is 4.98 Å². The smallest absolute Gasteiger partial charge is 0.137 e. The van der Waals surface area contributed by atoms with Crippen LogP contribution in [0, 0.1) is 0 Å². The van der Waals surface area contributed by atoms with E-state index in [0.717, 1.165) is 44.2 Å². The summed E-state index contributed by atoms with van der Waals surface area (Å²) in [5.41, 5.74) is 6.16. The van der Waals surface area contributed by atoms with Gasteiger partial charge in [0.15, 0.2) is 0 Å². The summed E-state index contributed by atoms with van der Waals surface area (Å²) >= 11 is 0. The van der Waals surface area contributed by atoms with Crippen molar-refractivity contribution in [2.75, 3.05) is 0 Å². The third-order valence-electron chi connectivity index (χ3n) is 4.37. The van der Waals surface area contributed by atoms with E-state index in [2.05, 4.69) is 43.3 Å². The molecule has 0 amide bonds. The molecule has 118 valence electrons. The molecule has 5 nitrogen and oxygen atoms in total. The molecule has 1 N–H and O–H groups in total. The molecule has 0 bridgehead atoms. The first kappa shape index (κ1) is 13.8. The lowest BCUT2D eigenvalue weighted by atomic mass is 9.99. The number of rotatable bonds is 2. The van der Waals surface area contributed by atoms with Gasteiger partial charge in [0.25, 0.3) is 0 Å². The van der Waals surface area contributed by atoms with Crippen molar-refractivity contribution in [1.82, 2.24) is 25.1 Å². The molecule has 5 rings (SSSR count). The topological polar surface area (TPSA) is 67.3 Å². The monoisotopic (exact) mass is 323 g/mol. The Kier molecular flexibility index (Phi) is 3.03. The Morgan fingerprint density at radius 3 is 2.64 bits per heavy atom. The molecule has 4 aromatic heterocycles. The number of aromatic nitrogens is 5. The Morgan fingerprint density at radius 2 is 1.72 bits per heavy atom. The molecular formula is C20H13N5. The molecule has 4 heterocycles. The van der Waals surface area contributed by atoms with Crippen LogP contribution in [0.3, 0.4) is 0 Å². The summed E-state index contributed by atoms with van der Waals surface area (Å²) in [6.45, 7) is 0. The lowest BCUT2D eigenvalue weighted by Crippen LogP contribution is -1.88. The number of hydrogen-bond donors (Lipinski definition) is 1. The van der Waals surface area contributed by atoms with Crippen molar-refractivity contribution in [3.05, 3.63) is 73.4 Å². The van der Waals surface area contributed by atoms with E-state index in [1.54, 1.807) is 12.4 Å². The highest BCUT2D eigenvalue weighted by Gasteiger charge is 2.08. The number of nitrogens with zero attached hydrogens (tertiary/aromatic N) is 4. The Bertz CT molecular complexity index is 1190. The second-order valence-corrected chi connectivity index (χ2v) is 5.86. The normalized spacial score (nSPS) is 11.2. The second kappa shape index (κ2) is 5.49. The van der Waals surface area contributed by atoms with Crippen LogP contribution in [0.15, 0.2) is 73.4 Å². The van der Waals surface area contributed by atoms with Gasteiger partial charge in [-0.15, -0.1) is 0 Å². The third-order valence-corrected chi connectivity index (χ3v) is 4.37. The predicted molar refractivity (Wildman–Crippen MR) is 97.9 cm³/mol. The number of nitrogens with one attached hydrogen (secondary N) is 1. The van der Waals surface area contributed by atoms with Crippen LogP contribution in [-0.2, 0) is 0 Å². The molecule has 0 aliphatic heterocycles. The van der Waals surface area contributed by atoms with Gasteiger partial charge in [-0.2, -0.15) is 10.2 Å². The Hall–Kier alpha value is -3.60. The van der Waals surface area contributed by atoms with Gasteiger partial charge >= 0.3 is 0 Å². The van der Waals surface area contributed by atoms with E-state index in [-0.39, 0.29) is 0 Å². The molecule has 0 aliphatic rings. The van der Waals surface area contributed by atoms with Crippen molar-refractivity contribution >= 4 is 21.9 Å². The van der Waals surface area contributed by atoms with Crippen molar-refractivity contribution < 1.29 is 0 Å². The van der Waals surface area contributed by atoms with Crippen molar-refractivity contribution in [1.29, 1.82) is 0 Å². The van der Waals surface area contributed by atoms with Crippen molar-refractivity contribution in [3.63, 3.8) is 0 Å². The van der Waals surface area contributed by atoms with Crippen LogP contribution < -0.4 is 0 Å². The van der Waals surface area contributed by atoms with Crippen LogP contribution in [0.2, 0.25) is 0 Å². The Labute approximate surface area is 143 Å². The highest BCUT2D eigenvalue weighted by atomic mass is 15.1. The average molecular weight is 323 g/mol. The SMILES string of the molecule is c1cc(-c2ccnc3ccc(-c4cnc5[nH]ccc5c4)cc23)cnn1. The molecule has 0 radical (unpaired) electrons. The average Bonchev–Trinajstić information content (AvgIpc) is 3.15. The fraction of sp³-hybridized carbons (Fsp3) is 0. The molecule has 5 aromatic rings. The van der Waals surface area contributed by atoms with Gasteiger partial charge in [-0.1, -0.05) is 6.07 Å². The zero-order valence-electron chi connectivity index (χ0n) is 13.2. The summed E-state index contributed by atoms with van der Waals surface area (Å²) in [7, 11) is 0. The molecule has 25 heavy (non-hydrogen) atoms. The lowest BCUT2D eigenvalue weighted by Gasteiger charge is -2.08. The maximum absolute atomic E-state index is 4.49. The van der Waals surface area contributed by atoms with Crippen LogP contribution in [0.5, 0.6) is 0 Å². The number of hydrogen-bond acceptors (Lipinski definition) is 4. The van der Waals surface area contributed by atoms with E-state index >= 15 is 0 Å². The zero-order chi connectivity index (χ0) is 16.6. The van der Waals surface area contributed by atoms with Crippen molar-refractivity contribution in [2.45, 2.75) is 0 Å². The maximum Gasteiger partial charge on any atom is 0.137 e. The largest absolute Gasteiger partial charge is 0.346 e. The number of H-pyrrole nitrogens is 1. The van der Waals surface area contributed by atoms with Crippen LogP contribution in [0.4, 0.5) is 0 Å². The second-order valence-electron chi connectivity index (χ2n) is 5.86. The fourth-order valence-electron chi connectivity index (χ4n) is 3.13. The van der Waals surface area contributed by atoms with E-state index in [9.17, 15) is 0 Å². The first-order chi connectivity index (χ1) is 12.4. The highest BCUT2D eigenvalue weighted by molar-refractivity contribution is 5.97. The molecule has 0 atom stereocenters. The summed E-state index contributed by atoms with van der Waals surface area (Å²) in [5, 5.41) is 10.0. The quantitative estimate of drug-likeness (QED) is 0.528. The Balaban J connectivity index is 1.72. The van der Waals surface area contributed by atoms with Crippen LogP contribution >= 0.6 is 0 Å². The number of aromatic amines is 1. The van der Waals surface area contributed by atoms with Gasteiger partial charge in [-0.3, -0.25) is 4.98 Å². The molecule has 0 aliphatic carbocycles. The Morgan fingerprint density at radius 1 is 0.720 bits per heavy atom. The van der Waals surface area contributed by atoms with Crippen LogP contribution in [0.25, 0.3) is 44.2 Å². The third kappa shape index (κ3) is 2.33. The molecule has 0 spiro atoms. The van der Waals surface area contributed by atoms with Gasteiger partial charge in [0.05, 0.1) is 17.9 Å². The summed E-state index contributed by atoms with van der Waals surface area (Å²) in [6, 6.07) is 14.4. The minimum absolute atomic E-state index is 0.898. The molecule has 5 heteroatoms. The zero-order valence-corrected chi connectivity index (χ0v) is 13.2. The van der Waals surface area contributed by atoms with E-state index in [0.29, 0.717) is 0 Å². The number of pyridine rings is 2. The molecule has 0 fully saturated rings. The molecule has 1 aromatic carbocycles. The first-order valence-corrected chi connectivity index (χ1v) is 7.98. The molecule has 0 saturated carbocycles. The summed E-state index contributed by atoms with van der Waals surface area (Å²) in [4.78, 5) is 12.1. The molecule has 0 saturated heterocycles. The lowest BCUT2D eigenvalue weighted by molar-refractivity contribution is 1.03. The minimum Gasteiger partial charge on any atom is -0.346 e. The van der Waals surface area contributed by atoms with Gasteiger partial charge in [-0.05, 0) is 47.5 Å². The number of fused-ring (bicyclic) bond motifs is 2. The number of benzene rings is 1. The minimum atomic E-state index is 0.898. The maximum atomic E-state index is 4.49. The highest BCUT2D eigenvalue weighted by Crippen LogP contribution is 2.31. The van der Waals surface area contributed by atoms with E-state index in [1.807, 2.05) is 42.9 Å². The van der Waals surface area contributed by atoms with Crippen LogP contribution in [0.1, 0.15) is 0 Å². The molecule has 0 unspecified atom stereocenters. The van der Waals surface area contributed by atoms with E-state index in [1.165, 1.54) is 0 Å². The summed E-state index contributed by atoms with van der Waals surface area (Å²) in [6.07, 6.45) is 9.10. The van der Waals surface area contributed by atoms with Gasteiger partial charge < -0.3 is 4.98 Å². The predicted octanol–water partition coefficient (Wildman–Crippen LogP) is 4.24. The summed E-state index contributed by atoms with van der Waals surface area (Å²) in [5.74, 6) is 0. The van der Waals surface area contributed by atoms with Crippen molar-refractivity contribution in [3.8, 4) is 22.3 Å². The standard InChI is InChI=1S/C20H13N5/c1-2-19-18(17(5-7-21-19)15-4-8-24-25-12-15)10-13(1)16-9-14-3-6-22-20(14)23-11-16/h1-12H,(H,22,23). The van der Waals surface area contributed by atoms with Crippen LogP contribution in [-0.4, -0.2) is 25.1 Å².